The molecule has 0 bridgehead atoms. The molecule has 0 spiro atoms. The Bertz CT molecular complexity index is 1710. The van der Waals surface area contributed by atoms with Crippen molar-refractivity contribution in [2.45, 2.75) is 50.2 Å². The third-order valence-electron chi connectivity index (χ3n) is 9.24. The monoisotopic (exact) mass is 734 g/mol. The van der Waals surface area contributed by atoms with Crippen LogP contribution < -0.4 is 14.4 Å². The molecule has 52 heavy (non-hydrogen) atoms. The van der Waals surface area contributed by atoms with Crippen LogP contribution in [0, 0.1) is 0 Å². The van der Waals surface area contributed by atoms with Gasteiger partial charge in [0.05, 0.1) is 35.0 Å². The Kier molecular flexibility index (Phi) is 12.0. The molecule has 2 atom stereocenters. The molecule has 2 amide bonds. The first-order chi connectivity index (χ1) is 24.8. The number of anilines is 1. The number of carbonyl (C=O) groups excluding carboxylic acids is 2. The first-order valence-corrected chi connectivity index (χ1v) is 16.8. The maximum Gasteiger partial charge on any atom is 0.417 e. The van der Waals surface area contributed by atoms with Crippen molar-refractivity contribution in [1.29, 1.82) is 0 Å². The number of para-hydroxylation sites is 2. The average molecular weight is 735 g/mol. The van der Waals surface area contributed by atoms with Crippen molar-refractivity contribution >= 4 is 17.5 Å². The summed E-state index contributed by atoms with van der Waals surface area (Å²) in [6, 6.07) is 10.9. The van der Waals surface area contributed by atoms with E-state index < -0.39 is 52.5 Å². The predicted molar refractivity (Wildman–Crippen MR) is 180 cm³/mol. The molecule has 1 aromatic heterocycles. The molecule has 2 aliphatic rings. The zero-order valence-corrected chi connectivity index (χ0v) is 28.8. The van der Waals surface area contributed by atoms with Crippen LogP contribution >= 0.6 is 0 Å². The summed E-state index contributed by atoms with van der Waals surface area (Å²) in [5, 5.41) is 0. The highest BCUT2D eigenvalue weighted by Crippen LogP contribution is 2.41. The highest BCUT2D eigenvalue weighted by Gasteiger charge is 2.56. The second kappa shape index (κ2) is 16.3. The molecule has 2 aliphatic heterocycles. The van der Waals surface area contributed by atoms with Crippen LogP contribution in [0.2, 0.25) is 0 Å². The minimum atomic E-state index is -4.86. The minimum absolute atomic E-state index is 0.00623. The number of amides is 2. The Balaban J connectivity index is 1.51. The van der Waals surface area contributed by atoms with Crippen LogP contribution in [-0.4, -0.2) is 91.3 Å². The van der Waals surface area contributed by atoms with Gasteiger partial charge in [-0.15, -0.1) is 0 Å². The summed E-state index contributed by atoms with van der Waals surface area (Å²) >= 11 is 0. The van der Waals surface area contributed by atoms with Gasteiger partial charge in [-0.05, 0) is 62.2 Å². The minimum Gasteiger partial charge on any atom is -0.489 e. The highest BCUT2D eigenvalue weighted by atomic mass is 19.4. The number of methoxy groups -OCH3 is 1. The summed E-state index contributed by atoms with van der Waals surface area (Å²) in [6.07, 6.45) is -4.10. The van der Waals surface area contributed by atoms with Gasteiger partial charge in [0.15, 0.2) is 0 Å². The van der Waals surface area contributed by atoms with Crippen LogP contribution in [0.5, 0.6) is 11.5 Å². The van der Waals surface area contributed by atoms with Gasteiger partial charge in [-0.25, -0.2) is 0 Å². The van der Waals surface area contributed by atoms with Gasteiger partial charge >= 0.3 is 12.4 Å². The lowest BCUT2D eigenvalue weighted by molar-refractivity contribution is -0.159. The number of hydrogen-bond acceptors (Lipinski definition) is 7. The van der Waals surface area contributed by atoms with E-state index in [1.807, 2.05) is 24.3 Å². The van der Waals surface area contributed by atoms with E-state index in [2.05, 4.69) is 9.88 Å². The zero-order chi connectivity index (χ0) is 37.5. The molecule has 280 valence electrons. The van der Waals surface area contributed by atoms with Gasteiger partial charge in [0.25, 0.3) is 11.8 Å². The maximum absolute atomic E-state index is 14.9. The SMILES string of the molecule is C/C=C/CC1N(C(=O)c2cnccc2C(F)(F)F)CCCC1(Oc1ccc(C(F)(F)F)cc1)C(=O)N1CCN(c2ccccc2OCCOC)CC1. The molecule has 5 rings (SSSR count). The van der Waals surface area contributed by atoms with Gasteiger partial charge < -0.3 is 28.9 Å². The zero-order valence-electron chi connectivity index (χ0n) is 28.8. The van der Waals surface area contributed by atoms with Gasteiger partial charge in [-0.3, -0.25) is 14.6 Å². The molecule has 2 saturated heterocycles. The number of ether oxygens (including phenoxy) is 3. The van der Waals surface area contributed by atoms with E-state index in [1.165, 1.54) is 4.90 Å². The van der Waals surface area contributed by atoms with E-state index in [9.17, 15) is 35.9 Å². The molecule has 9 nitrogen and oxygen atoms in total. The maximum atomic E-state index is 14.9. The molecular formula is C37H40F6N4O5. The number of benzene rings is 2. The predicted octanol–water partition coefficient (Wildman–Crippen LogP) is 6.88. The van der Waals surface area contributed by atoms with Gasteiger partial charge in [-0.1, -0.05) is 24.3 Å². The van der Waals surface area contributed by atoms with Crippen LogP contribution in [-0.2, 0) is 21.9 Å². The molecule has 2 aromatic carbocycles. The van der Waals surface area contributed by atoms with Crippen molar-refractivity contribution in [3.8, 4) is 11.5 Å². The topological polar surface area (TPSA) is 84.4 Å². The molecular weight excluding hydrogens is 694 g/mol. The number of pyridine rings is 1. The first kappa shape index (κ1) is 38.4. The summed E-state index contributed by atoms with van der Waals surface area (Å²) in [6.45, 7) is 3.66. The van der Waals surface area contributed by atoms with Crippen molar-refractivity contribution < 1.29 is 50.1 Å². The van der Waals surface area contributed by atoms with Crippen LogP contribution in [0.3, 0.4) is 0 Å². The average Bonchev–Trinajstić information content (AvgIpc) is 3.13. The number of piperazine rings is 1. The van der Waals surface area contributed by atoms with Crippen LogP contribution in [0.15, 0.2) is 79.1 Å². The normalized spacial score (nSPS) is 19.9. The van der Waals surface area contributed by atoms with Crippen molar-refractivity contribution in [1.82, 2.24) is 14.8 Å². The Morgan fingerprint density at radius 3 is 2.29 bits per heavy atom. The molecule has 15 heteroatoms. The number of alkyl halides is 6. The number of aromatic nitrogens is 1. The smallest absolute Gasteiger partial charge is 0.417 e. The fraction of sp³-hybridized carbons (Fsp3) is 0.432. The van der Waals surface area contributed by atoms with E-state index in [0.717, 1.165) is 48.4 Å². The third kappa shape index (κ3) is 8.46. The van der Waals surface area contributed by atoms with E-state index in [4.69, 9.17) is 14.2 Å². The quantitative estimate of drug-likeness (QED) is 0.121. The van der Waals surface area contributed by atoms with E-state index >= 15 is 0 Å². The molecule has 2 fully saturated rings. The second-order valence-corrected chi connectivity index (χ2v) is 12.4. The van der Waals surface area contributed by atoms with Gasteiger partial charge in [0, 0.05) is 58.6 Å². The summed E-state index contributed by atoms with van der Waals surface area (Å²) in [5.41, 5.74) is -3.83. The number of rotatable bonds is 11. The lowest BCUT2D eigenvalue weighted by atomic mass is 9.80. The molecule has 0 aliphatic carbocycles. The lowest BCUT2D eigenvalue weighted by Crippen LogP contribution is -2.69. The Morgan fingerprint density at radius 2 is 1.63 bits per heavy atom. The summed E-state index contributed by atoms with van der Waals surface area (Å²) in [4.78, 5) is 37.6. The number of halogens is 6. The second-order valence-electron chi connectivity index (χ2n) is 12.4. The van der Waals surface area contributed by atoms with Gasteiger partial charge in [0.2, 0.25) is 5.60 Å². The Morgan fingerprint density at radius 1 is 0.923 bits per heavy atom. The van der Waals surface area contributed by atoms with E-state index in [0.29, 0.717) is 32.1 Å². The highest BCUT2D eigenvalue weighted by molar-refractivity contribution is 5.97. The molecule has 2 unspecified atom stereocenters. The number of nitrogens with zero attached hydrogens (tertiary/aromatic N) is 4. The fourth-order valence-electron chi connectivity index (χ4n) is 6.71. The van der Waals surface area contributed by atoms with E-state index in [1.54, 1.807) is 31.1 Å². The molecule has 3 aromatic rings. The van der Waals surface area contributed by atoms with Crippen molar-refractivity contribution in [3.05, 3.63) is 95.8 Å². The third-order valence-corrected chi connectivity index (χ3v) is 9.24. The largest absolute Gasteiger partial charge is 0.489 e. The standard InChI is InChI=1S/C37H40F6N4O5/c1-3-4-10-32-35(52-27-13-11-26(12-14-27)36(38,39)40,16-7-18-47(32)33(48)28-25-44-17-15-29(28)37(41,42)43)34(49)46-21-19-45(20-22-46)30-8-5-6-9-31(30)51-24-23-50-2/h3-6,8-9,11-15,17,25,32H,7,10,16,18-24H2,1-2H3/b4-3+. The summed E-state index contributed by atoms with van der Waals surface area (Å²) < 4.78 is 100. The molecule has 0 N–H and O–H groups in total. The van der Waals surface area contributed by atoms with Crippen molar-refractivity contribution in [3.63, 3.8) is 0 Å². The molecule has 0 saturated carbocycles. The number of hydrogen-bond donors (Lipinski definition) is 0. The molecule has 3 heterocycles. The number of likely N-dealkylation sites (tertiary alicyclic amines) is 1. The van der Waals surface area contributed by atoms with Crippen LogP contribution in [0.25, 0.3) is 0 Å². The first-order valence-electron chi connectivity index (χ1n) is 16.8. The molecule has 0 radical (unpaired) electrons. The summed E-state index contributed by atoms with van der Waals surface area (Å²) in [5.74, 6) is -0.925. The van der Waals surface area contributed by atoms with Crippen molar-refractivity contribution in [2.75, 3.05) is 57.9 Å². The van der Waals surface area contributed by atoms with Gasteiger partial charge in [0.1, 0.15) is 18.1 Å². The fourth-order valence-corrected chi connectivity index (χ4v) is 6.71. The number of carbonyl (C=O) groups is 2. The Hall–Kier alpha value is -4.79. The van der Waals surface area contributed by atoms with Crippen LogP contribution in [0.4, 0.5) is 32.0 Å². The lowest BCUT2D eigenvalue weighted by Gasteiger charge is -2.50. The Labute approximate surface area is 297 Å². The summed E-state index contributed by atoms with van der Waals surface area (Å²) in [7, 11) is 1.57. The van der Waals surface area contributed by atoms with Crippen LogP contribution in [0.1, 0.15) is 47.7 Å². The van der Waals surface area contributed by atoms with Gasteiger partial charge in [-0.2, -0.15) is 26.3 Å². The van der Waals surface area contributed by atoms with Crippen molar-refractivity contribution in [2.24, 2.45) is 0 Å². The number of piperidine rings is 1. The van der Waals surface area contributed by atoms with E-state index in [-0.39, 0.29) is 44.6 Å². The number of allylic oxidation sites excluding steroid dienone is 1.